The maximum absolute atomic E-state index is 10.8. The fraction of sp³-hybridized carbons (Fsp3) is 0.238. The Labute approximate surface area is 187 Å². The van der Waals surface area contributed by atoms with Crippen molar-refractivity contribution in [3.8, 4) is 28.6 Å². The predicted octanol–water partition coefficient (Wildman–Crippen LogP) is 4.79. The average molecular weight is 452 g/mol. The maximum atomic E-state index is 10.8. The summed E-state index contributed by atoms with van der Waals surface area (Å²) in [5.41, 5.74) is 1.48. The van der Waals surface area contributed by atoms with Crippen molar-refractivity contribution >= 4 is 17.4 Å². The summed E-state index contributed by atoms with van der Waals surface area (Å²) in [7, 11) is 1.63. The summed E-state index contributed by atoms with van der Waals surface area (Å²) in [5, 5.41) is 28.3. The van der Waals surface area contributed by atoms with Crippen molar-refractivity contribution in [2.45, 2.75) is 30.8 Å². The van der Waals surface area contributed by atoms with Crippen LogP contribution in [-0.2, 0) is 6.54 Å². The molecule has 4 rings (SSSR count). The van der Waals surface area contributed by atoms with Crippen LogP contribution in [-0.4, -0.2) is 37.0 Å². The summed E-state index contributed by atoms with van der Waals surface area (Å²) >= 11 is 1.45. The summed E-state index contributed by atoms with van der Waals surface area (Å²) < 4.78 is 13.3. The van der Waals surface area contributed by atoms with Crippen LogP contribution in [0.15, 0.2) is 58.1 Å². The van der Waals surface area contributed by atoms with Crippen LogP contribution in [0.4, 0.5) is 5.69 Å². The molecule has 0 saturated heterocycles. The monoisotopic (exact) mass is 452 g/mol. The molecule has 0 aliphatic heterocycles. The Balaban J connectivity index is 1.55. The molecule has 2 aromatic heterocycles. The van der Waals surface area contributed by atoms with Crippen LogP contribution in [0.5, 0.6) is 5.75 Å². The molecule has 0 aliphatic rings. The van der Waals surface area contributed by atoms with Gasteiger partial charge < -0.3 is 13.7 Å². The van der Waals surface area contributed by atoms with Crippen LogP contribution in [0, 0.1) is 10.1 Å². The summed E-state index contributed by atoms with van der Waals surface area (Å²) in [6.07, 6.45) is 0. The lowest BCUT2D eigenvalue weighted by Crippen LogP contribution is -2.02. The number of thioether (sulfide) groups is 1. The molecule has 1 unspecified atom stereocenters. The fourth-order valence-electron chi connectivity index (χ4n) is 3.14. The molecular formula is C21H20N6O4S. The smallest absolute Gasteiger partial charge is 0.269 e. The molecule has 164 valence electrons. The number of non-ortho nitro benzene ring substituents is 1. The second-order valence-corrected chi connectivity index (χ2v) is 8.07. The van der Waals surface area contributed by atoms with Crippen molar-refractivity contribution in [1.82, 2.24) is 25.0 Å². The van der Waals surface area contributed by atoms with Gasteiger partial charge in [0.1, 0.15) is 5.75 Å². The predicted molar refractivity (Wildman–Crippen MR) is 118 cm³/mol. The van der Waals surface area contributed by atoms with E-state index in [4.69, 9.17) is 9.15 Å². The molecule has 0 spiro atoms. The average Bonchev–Trinajstić information content (AvgIpc) is 3.46. The van der Waals surface area contributed by atoms with Crippen LogP contribution in [0.3, 0.4) is 0 Å². The number of benzene rings is 2. The highest BCUT2D eigenvalue weighted by Crippen LogP contribution is 2.37. The zero-order valence-electron chi connectivity index (χ0n) is 17.6. The van der Waals surface area contributed by atoms with Gasteiger partial charge in [-0.05, 0) is 38.1 Å². The SMILES string of the molecule is CCn1c(SC(C)c2nnc(-c3ccc([N+](=O)[O-])cc3)o2)nnc1-c1ccccc1OC. The highest BCUT2D eigenvalue weighted by molar-refractivity contribution is 7.99. The molecule has 11 heteroatoms. The molecule has 2 heterocycles. The van der Waals surface area contributed by atoms with Gasteiger partial charge in [0.25, 0.3) is 5.69 Å². The minimum Gasteiger partial charge on any atom is -0.496 e. The molecule has 32 heavy (non-hydrogen) atoms. The minimum atomic E-state index is -0.453. The second kappa shape index (κ2) is 9.18. The fourth-order valence-corrected chi connectivity index (χ4v) is 4.08. The number of nitro groups is 1. The minimum absolute atomic E-state index is 0.00200. The first-order valence-electron chi connectivity index (χ1n) is 9.83. The van der Waals surface area contributed by atoms with Crippen molar-refractivity contribution in [1.29, 1.82) is 0 Å². The lowest BCUT2D eigenvalue weighted by molar-refractivity contribution is -0.384. The zero-order chi connectivity index (χ0) is 22.7. The van der Waals surface area contributed by atoms with Gasteiger partial charge in [0.15, 0.2) is 11.0 Å². The number of rotatable bonds is 8. The van der Waals surface area contributed by atoms with Gasteiger partial charge in [0.05, 0.1) is 22.8 Å². The molecule has 0 aliphatic carbocycles. The van der Waals surface area contributed by atoms with E-state index in [1.165, 1.54) is 23.9 Å². The number of aromatic nitrogens is 5. The maximum Gasteiger partial charge on any atom is 0.269 e. The van der Waals surface area contributed by atoms with Gasteiger partial charge in [-0.25, -0.2) is 0 Å². The van der Waals surface area contributed by atoms with E-state index in [9.17, 15) is 10.1 Å². The topological polar surface area (TPSA) is 122 Å². The Morgan fingerprint density at radius 1 is 1.12 bits per heavy atom. The third-order valence-electron chi connectivity index (χ3n) is 4.78. The van der Waals surface area contributed by atoms with Crippen LogP contribution < -0.4 is 4.74 Å². The van der Waals surface area contributed by atoms with E-state index in [0.29, 0.717) is 23.9 Å². The first kappa shape index (κ1) is 21.5. The molecule has 0 amide bonds. The third kappa shape index (κ3) is 4.19. The van der Waals surface area contributed by atoms with E-state index in [0.717, 1.165) is 22.3 Å². The van der Waals surface area contributed by atoms with Gasteiger partial charge in [-0.15, -0.1) is 20.4 Å². The van der Waals surface area contributed by atoms with Crippen molar-refractivity contribution in [2.24, 2.45) is 0 Å². The van der Waals surface area contributed by atoms with Crippen LogP contribution in [0.2, 0.25) is 0 Å². The van der Waals surface area contributed by atoms with E-state index in [1.807, 2.05) is 42.7 Å². The number of ether oxygens (including phenoxy) is 1. The van der Waals surface area contributed by atoms with Crippen LogP contribution >= 0.6 is 11.8 Å². The molecule has 10 nitrogen and oxygen atoms in total. The Morgan fingerprint density at radius 3 is 2.56 bits per heavy atom. The Morgan fingerprint density at radius 2 is 1.88 bits per heavy atom. The van der Waals surface area contributed by atoms with Crippen LogP contribution in [0.25, 0.3) is 22.8 Å². The highest BCUT2D eigenvalue weighted by atomic mass is 32.2. The van der Waals surface area contributed by atoms with Gasteiger partial charge in [0.2, 0.25) is 11.8 Å². The zero-order valence-corrected chi connectivity index (χ0v) is 18.4. The quantitative estimate of drug-likeness (QED) is 0.211. The molecule has 0 radical (unpaired) electrons. The molecule has 1 atom stereocenters. The summed E-state index contributed by atoms with van der Waals surface area (Å²) in [6, 6.07) is 13.6. The molecule has 2 aromatic carbocycles. The lowest BCUT2D eigenvalue weighted by atomic mass is 10.2. The highest BCUT2D eigenvalue weighted by Gasteiger charge is 2.22. The molecule has 0 fully saturated rings. The van der Waals surface area contributed by atoms with E-state index < -0.39 is 4.92 Å². The lowest BCUT2D eigenvalue weighted by Gasteiger charge is -2.11. The van der Waals surface area contributed by atoms with Gasteiger partial charge >= 0.3 is 0 Å². The molecule has 0 bridgehead atoms. The number of methoxy groups -OCH3 is 1. The first-order chi connectivity index (χ1) is 15.5. The van der Waals surface area contributed by atoms with E-state index >= 15 is 0 Å². The van der Waals surface area contributed by atoms with E-state index in [1.54, 1.807) is 19.2 Å². The van der Waals surface area contributed by atoms with Crippen LogP contribution in [0.1, 0.15) is 25.0 Å². The van der Waals surface area contributed by atoms with Crippen molar-refractivity contribution < 1.29 is 14.1 Å². The van der Waals surface area contributed by atoms with Gasteiger partial charge in [-0.3, -0.25) is 10.1 Å². The second-order valence-electron chi connectivity index (χ2n) is 6.76. The summed E-state index contributed by atoms with van der Waals surface area (Å²) in [6.45, 7) is 4.64. The molecule has 0 saturated carbocycles. The van der Waals surface area contributed by atoms with Crippen molar-refractivity contribution in [2.75, 3.05) is 7.11 Å². The Bertz CT molecular complexity index is 1240. The first-order valence-corrected chi connectivity index (χ1v) is 10.7. The van der Waals surface area contributed by atoms with Gasteiger partial charge in [0, 0.05) is 24.2 Å². The number of nitrogens with zero attached hydrogens (tertiary/aromatic N) is 6. The summed E-state index contributed by atoms with van der Waals surface area (Å²) in [5.74, 6) is 2.17. The van der Waals surface area contributed by atoms with E-state index in [2.05, 4.69) is 20.4 Å². The number of hydrogen-bond donors (Lipinski definition) is 0. The van der Waals surface area contributed by atoms with Gasteiger partial charge in [-0.1, -0.05) is 23.9 Å². The Hall–Kier alpha value is -3.73. The number of nitro benzene ring substituents is 1. The largest absolute Gasteiger partial charge is 0.496 e. The van der Waals surface area contributed by atoms with Crippen molar-refractivity contribution in [3.63, 3.8) is 0 Å². The normalized spacial score (nSPS) is 12.0. The molecule has 0 N–H and O–H groups in total. The number of hydrogen-bond acceptors (Lipinski definition) is 9. The van der Waals surface area contributed by atoms with Gasteiger partial charge in [-0.2, -0.15) is 0 Å². The number of para-hydroxylation sites is 1. The van der Waals surface area contributed by atoms with E-state index in [-0.39, 0.29) is 10.9 Å². The van der Waals surface area contributed by atoms with Crippen molar-refractivity contribution in [3.05, 3.63) is 64.5 Å². The third-order valence-corrected chi connectivity index (χ3v) is 5.84. The molecule has 4 aromatic rings. The Kier molecular flexibility index (Phi) is 6.17. The summed E-state index contributed by atoms with van der Waals surface area (Å²) in [4.78, 5) is 10.4. The standard InChI is InChI=1S/C21H20N6O4S/c1-4-26-18(16-7-5-6-8-17(16)30-3)22-25-21(26)32-13(2)19-23-24-20(31-19)14-9-11-15(12-10-14)27(28)29/h5-13H,4H2,1-3H3. The molecular weight excluding hydrogens is 432 g/mol.